The van der Waals surface area contributed by atoms with E-state index < -0.39 is 0 Å². The third kappa shape index (κ3) is 1.20. The van der Waals surface area contributed by atoms with Gasteiger partial charge in [-0.2, -0.15) is 0 Å². The van der Waals surface area contributed by atoms with E-state index in [4.69, 9.17) is 11.6 Å². The van der Waals surface area contributed by atoms with E-state index in [-0.39, 0.29) is 0 Å². The van der Waals surface area contributed by atoms with E-state index in [1.165, 1.54) is 0 Å². The van der Waals surface area contributed by atoms with Gasteiger partial charge in [-0.1, -0.05) is 11.6 Å². The molecule has 0 aromatic carbocycles. The maximum Gasteiger partial charge on any atom is 0.194 e. The molecule has 2 aromatic heterocycles. The van der Waals surface area contributed by atoms with Crippen LogP contribution in [0.1, 0.15) is 0 Å². The second kappa shape index (κ2) is 2.60. The topological polar surface area (TPSA) is 41.6 Å². The minimum Gasteiger partial charge on any atom is -0.346 e. The van der Waals surface area contributed by atoms with Crippen LogP contribution in [-0.4, -0.2) is 15.0 Å². The van der Waals surface area contributed by atoms with E-state index in [2.05, 4.69) is 15.0 Å². The van der Waals surface area contributed by atoms with E-state index >= 15 is 0 Å². The molecule has 0 atom stereocenters. The highest BCUT2D eigenvalue weighted by Crippen LogP contribution is 2.18. The molecule has 56 valence electrons. The average molecular weight is 279 g/mol. The van der Waals surface area contributed by atoms with Gasteiger partial charge in [0.2, 0.25) is 0 Å². The van der Waals surface area contributed by atoms with Crippen molar-refractivity contribution in [3.63, 3.8) is 0 Å². The highest BCUT2D eigenvalue weighted by atomic mass is 127. The third-order valence-electron chi connectivity index (χ3n) is 1.34. The number of fused-ring (bicyclic) bond motifs is 1. The number of rotatable bonds is 0. The zero-order chi connectivity index (χ0) is 7.84. The second-order valence-electron chi connectivity index (χ2n) is 2.02. The highest BCUT2D eigenvalue weighted by molar-refractivity contribution is 14.1. The van der Waals surface area contributed by atoms with Crippen molar-refractivity contribution in [3.05, 3.63) is 21.2 Å². The quantitative estimate of drug-likeness (QED) is 0.456. The molecule has 0 saturated heterocycles. The zero-order valence-electron chi connectivity index (χ0n) is 5.31. The first kappa shape index (κ1) is 7.30. The Kier molecular flexibility index (Phi) is 1.72. The predicted molar refractivity (Wildman–Crippen MR) is 51.6 cm³/mol. The Balaban J connectivity index is 2.91. The molecule has 2 rings (SSSR count). The molecule has 0 spiro atoms. The van der Waals surface area contributed by atoms with Crippen molar-refractivity contribution >= 4 is 45.2 Å². The Labute approximate surface area is 81.3 Å². The molecule has 2 aromatic rings. The van der Waals surface area contributed by atoms with Gasteiger partial charge in [0.1, 0.15) is 10.8 Å². The zero-order valence-corrected chi connectivity index (χ0v) is 8.22. The Bertz CT molecular complexity index is 398. The van der Waals surface area contributed by atoms with Gasteiger partial charge in [-0.15, -0.1) is 0 Å². The van der Waals surface area contributed by atoms with Crippen molar-refractivity contribution < 1.29 is 0 Å². The number of aromatic nitrogens is 3. The Hall–Kier alpha value is -0.360. The molecule has 0 saturated carbocycles. The van der Waals surface area contributed by atoms with Crippen LogP contribution < -0.4 is 0 Å². The fourth-order valence-corrected chi connectivity index (χ4v) is 1.74. The molecule has 5 heteroatoms. The summed E-state index contributed by atoms with van der Waals surface area (Å²) in [5.74, 6) is 0. The van der Waals surface area contributed by atoms with Crippen LogP contribution in [0.25, 0.3) is 11.0 Å². The van der Waals surface area contributed by atoms with Crippen LogP contribution in [0.3, 0.4) is 0 Å². The number of hydrogen-bond donors (Lipinski definition) is 1. The van der Waals surface area contributed by atoms with E-state index in [1.54, 1.807) is 6.20 Å². The largest absolute Gasteiger partial charge is 0.346 e. The average Bonchev–Trinajstić information content (AvgIpc) is 2.34. The lowest BCUT2D eigenvalue weighted by Gasteiger charge is -1.92. The maximum atomic E-state index is 5.83. The van der Waals surface area contributed by atoms with Crippen LogP contribution in [-0.2, 0) is 0 Å². The third-order valence-corrected chi connectivity index (χ3v) is 2.11. The van der Waals surface area contributed by atoms with Gasteiger partial charge in [0.15, 0.2) is 3.83 Å². The lowest BCUT2D eigenvalue weighted by atomic mass is 10.4. The summed E-state index contributed by atoms with van der Waals surface area (Å²) in [4.78, 5) is 11.1. The van der Waals surface area contributed by atoms with Gasteiger partial charge in [0, 0.05) is 28.8 Å². The summed E-state index contributed by atoms with van der Waals surface area (Å²) in [6, 6.07) is 1.85. The predicted octanol–water partition coefficient (Wildman–Crippen LogP) is 2.22. The van der Waals surface area contributed by atoms with Gasteiger partial charge >= 0.3 is 0 Å². The number of aromatic amines is 1. The molecule has 0 fully saturated rings. The van der Waals surface area contributed by atoms with Gasteiger partial charge in [-0.3, -0.25) is 0 Å². The summed E-state index contributed by atoms with van der Waals surface area (Å²) in [6.07, 6.45) is 1.79. The van der Waals surface area contributed by atoms with Crippen molar-refractivity contribution in [2.45, 2.75) is 0 Å². The van der Waals surface area contributed by atoms with E-state index in [9.17, 15) is 0 Å². The molecule has 0 bridgehead atoms. The summed E-state index contributed by atoms with van der Waals surface area (Å²) in [6.45, 7) is 0. The number of nitrogens with zero attached hydrogens (tertiary/aromatic N) is 2. The molecule has 1 N–H and O–H groups in total. The van der Waals surface area contributed by atoms with Crippen molar-refractivity contribution in [2.75, 3.05) is 0 Å². The molecule has 11 heavy (non-hydrogen) atoms. The summed E-state index contributed by atoms with van der Waals surface area (Å²) in [5, 5.41) is 1.37. The summed E-state index contributed by atoms with van der Waals surface area (Å²) >= 11 is 7.85. The molecule has 0 aliphatic carbocycles. The first-order valence-electron chi connectivity index (χ1n) is 2.93. The smallest absolute Gasteiger partial charge is 0.194 e. The van der Waals surface area contributed by atoms with Crippen LogP contribution in [0.2, 0.25) is 5.15 Å². The molecule has 0 aliphatic rings. The maximum absolute atomic E-state index is 5.83. The fraction of sp³-hybridized carbons (Fsp3) is 0. The molecule has 0 amide bonds. The van der Waals surface area contributed by atoms with Gasteiger partial charge in [-0.25, -0.2) is 9.97 Å². The van der Waals surface area contributed by atoms with Gasteiger partial charge < -0.3 is 4.98 Å². The number of nitrogens with one attached hydrogen (secondary N) is 1. The van der Waals surface area contributed by atoms with Crippen LogP contribution >= 0.6 is 34.2 Å². The first-order valence-corrected chi connectivity index (χ1v) is 4.39. The molecule has 3 nitrogen and oxygen atoms in total. The minimum atomic E-state index is 0.501. The van der Waals surface area contributed by atoms with Crippen LogP contribution in [0.15, 0.2) is 12.3 Å². The van der Waals surface area contributed by atoms with Gasteiger partial charge in [-0.05, 0) is 6.07 Å². The summed E-state index contributed by atoms with van der Waals surface area (Å²) in [7, 11) is 0. The summed E-state index contributed by atoms with van der Waals surface area (Å²) in [5.41, 5.74) is 0.786. The second-order valence-corrected chi connectivity index (χ2v) is 3.35. The lowest BCUT2D eigenvalue weighted by molar-refractivity contribution is 1.14. The van der Waals surface area contributed by atoms with E-state index in [0.29, 0.717) is 8.98 Å². The molecular formula is C6H3ClIN3. The monoisotopic (exact) mass is 279 g/mol. The van der Waals surface area contributed by atoms with Crippen molar-refractivity contribution in [1.82, 2.24) is 15.0 Å². The number of hydrogen-bond acceptors (Lipinski definition) is 2. The Morgan fingerprint density at radius 3 is 3.09 bits per heavy atom. The Morgan fingerprint density at radius 1 is 1.45 bits per heavy atom. The fourth-order valence-electron chi connectivity index (χ4n) is 0.878. The molecule has 2 heterocycles. The standard InChI is InChI=1S/C6H3ClIN3/c7-4-3-1-2-9-5(3)11-6(8)10-4/h1-2H,(H,9,10,11). The molecular weight excluding hydrogens is 276 g/mol. The van der Waals surface area contributed by atoms with Crippen molar-refractivity contribution in [3.8, 4) is 0 Å². The highest BCUT2D eigenvalue weighted by Gasteiger charge is 2.03. The normalized spacial score (nSPS) is 10.7. The molecule has 0 aliphatic heterocycles. The van der Waals surface area contributed by atoms with Gasteiger partial charge in [0.25, 0.3) is 0 Å². The molecule has 0 radical (unpaired) electrons. The Morgan fingerprint density at radius 2 is 2.27 bits per heavy atom. The van der Waals surface area contributed by atoms with Crippen LogP contribution in [0.4, 0.5) is 0 Å². The van der Waals surface area contributed by atoms with Crippen molar-refractivity contribution in [2.24, 2.45) is 0 Å². The van der Waals surface area contributed by atoms with E-state index in [1.807, 2.05) is 28.7 Å². The first-order chi connectivity index (χ1) is 5.27. The number of H-pyrrole nitrogens is 1. The van der Waals surface area contributed by atoms with Crippen LogP contribution in [0.5, 0.6) is 0 Å². The SMILES string of the molecule is Clc1nc(I)nc2[nH]ccc12. The lowest BCUT2D eigenvalue weighted by Crippen LogP contribution is -1.87. The molecule has 0 unspecified atom stereocenters. The minimum absolute atomic E-state index is 0.501. The van der Waals surface area contributed by atoms with E-state index in [0.717, 1.165) is 11.0 Å². The van der Waals surface area contributed by atoms with Crippen LogP contribution in [0, 0.1) is 3.83 Å². The van der Waals surface area contributed by atoms with Gasteiger partial charge in [0.05, 0.1) is 5.39 Å². The summed E-state index contributed by atoms with van der Waals surface area (Å²) < 4.78 is 0.655. The van der Waals surface area contributed by atoms with Crippen molar-refractivity contribution in [1.29, 1.82) is 0 Å². The number of halogens is 2.